The van der Waals surface area contributed by atoms with E-state index in [4.69, 9.17) is 9.98 Å². The lowest BCUT2D eigenvalue weighted by atomic mass is 9.91. The molecule has 0 radical (unpaired) electrons. The molecule has 0 aromatic heterocycles. The average Bonchev–Trinajstić information content (AvgIpc) is 2.96. The molecule has 0 bridgehead atoms. The van der Waals surface area contributed by atoms with Gasteiger partial charge in [0.25, 0.3) is 0 Å². The second-order valence-corrected chi connectivity index (χ2v) is 13.3. The van der Waals surface area contributed by atoms with Crippen molar-refractivity contribution in [2.24, 2.45) is 9.98 Å². The van der Waals surface area contributed by atoms with E-state index in [1.165, 1.54) is 141 Å². The van der Waals surface area contributed by atoms with Gasteiger partial charge in [-0.3, -0.25) is 0 Å². The third-order valence-corrected chi connectivity index (χ3v) is 10.1. The summed E-state index contributed by atoms with van der Waals surface area (Å²) in [4.78, 5) is 11.0. The summed E-state index contributed by atoms with van der Waals surface area (Å²) < 4.78 is 0. The Kier molecular flexibility index (Phi) is 11.4. The third-order valence-electron chi connectivity index (χ3n) is 10.1. The topological polar surface area (TPSA) is 72.8 Å². The zero-order chi connectivity index (χ0) is 25.8. The van der Waals surface area contributed by atoms with Crippen LogP contribution in [-0.4, -0.2) is 48.2 Å². The van der Waals surface area contributed by atoms with Gasteiger partial charge in [0.15, 0.2) is 11.9 Å². The molecule has 6 heteroatoms. The van der Waals surface area contributed by atoms with Crippen LogP contribution >= 0.6 is 0 Å². The predicted molar refractivity (Wildman–Crippen MR) is 161 cm³/mol. The highest BCUT2D eigenvalue weighted by Crippen LogP contribution is 2.26. The second kappa shape index (κ2) is 15.4. The Labute approximate surface area is 233 Å². The van der Waals surface area contributed by atoms with Crippen molar-refractivity contribution in [1.29, 1.82) is 0 Å². The molecule has 0 aliphatic heterocycles. The van der Waals surface area contributed by atoms with E-state index in [0.717, 1.165) is 24.8 Å². The van der Waals surface area contributed by atoms with Crippen molar-refractivity contribution < 1.29 is 0 Å². The maximum Gasteiger partial charge on any atom is 0.192 e. The minimum Gasteiger partial charge on any atom is -0.354 e. The highest BCUT2D eigenvalue weighted by molar-refractivity contribution is 5.82. The van der Waals surface area contributed by atoms with Crippen molar-refractivity contribution in [3.63, 3.8) is 0 Å². The molecule has 5 aliphatic rings. The highest BCUT2D eigenvalue weighted by Gasteiger charge is 2.28. The second-order valence-electron chi connectivity index (χ2n) is 13.3. The molecule has 0 aromatic rings. The minimum absolute atomic E-state index is 0.280. The van der Waals surface area contributed by atoms with Gasteiger partial charge < -0.3 is 21.3 Å². The van der Waals surface area contributed by atoms with E-state index in [2.05, 4.69) is 21.3 Å². The molecule has 4 N–H and O–H groups in total. The van der Waals surface area contributed by atoms with Crippen LogP contribution in [-0.2, 0) is 0 Å². The van der Waals surface area contributed by atoms with Gasteiger partial charge in [0.05, 0.1) is 12.1 Å². The number of nitrogens with zero attached hydrogens (tertiary/aromatic N) is 2. The molecule has 2 atom stereocenters. The smallest absolute Gasteiger partial charge is 0.192 e. The van der Waals surface area contributed by atoms with E-state index in [0.29, 0.717) is 24.2 Å². The summed E-state index contributed by atoms with van der Waals surface area (Å²) in [5, 5.41) is 15.7. The molecule has 5 aliphatic carbocycles. The lowest BCUT2D eigenvalue weighted by molar-refractivity contribution is 0.363. The summed E-state index contributed by atoms with van der Waals surface area (Å²) in [6, 6.07) is 2.90. The Morgan fingerprint density at radius 1 is 0.316 bits per heavy atom. The zero-order valence-electron chi connectivity index (χ0n) is 24.3. The van der Waals surface area contributed by atoms with Crippen LogP contribution in [0.4, 0.5) is 0 Å². The van der Waals surface area contributed by atoms with Crippen molar-refractivity contribution in [1.82, 2.24) is 21.3 Å². The Morgan fingerprint density at radius 2 is 0.553 bits per heavy atom. The van der Waals surface area contributed by atoms with E-state index in [9.17, 15) is 0 Å². The summed E-state index contributed by atoms with van der Waals surface area (Å²) in [5.41, 5.74) is 0. The standard InChI is InChI=1S/C32H58N6/c1-5-15-25(16-6-1)33-31(34-26-17-7-2-8-18-26)37-29-23-13-14-24-30(29)38-32(35-27-19-9-3-10-20-27)36-28-21-11-4-12-22-28/h25-30H,1-24H2,(H2,33,34,37)(H2,35,36,38). The van der Waals surface area contributed by atoms with Crippen molar-refractivity contribution in [2.45, 2.75) is 190 Å². The molecule has 0 saturated heterocycles. The van der Waals surface area contributed by atoms with E-state index >= 15 is 0 Å². The Balaban J connectivity index is 1.32. The normalized spacial score (nSPS) is 28.7. The summed E-state index contributed by atoms with van der Waals surface area (Å²) in [6.45, 7) is 0. The number of hydrogen-bond donors (Lipinski definition) is 4. The van der Waals surface area contributed by atoms with Gasteiger partial charge in [0, 0.05) is 24.2 Å². The zero-order valence-corrected chi connectivity index (χ0v) is 24.3. The molecule has 0 spiro atoms. The fourth-order valence-corrected chi connectivity index (χ4v) is 7.72. The van der Waals surface area contributed by atoms with Gasteiger partial charge in [-0.2, -0.15) is 0 Å². The summed E-state index contributed by atoms with van der Waals surface area (Å²) in [6.07, 6.45) is 31.6. The Hall–Kier alpha value is -1.46. The van der Waals surface area contributed by atoms with Gasteiger partial charge in [-0.25, -0.2) is 9.98 Å². The number of guanidine groups is 2. The van der Waals surface area contributed by atoms with Crippen molar-refractivity contribution in [3.8, 4) is 0 Å². The molecule has 38 heavy (non-hydrogen) atoms. The van der Waals surface area contributed by atoms with Crippen LogP contribution in [0.3, 0.4) is 0 Å². The largest absolute Gasteiger partial charge is 0.354 e. The van der Waals surface area contributed by atoms with E-state index < -0.39 is 0 Å². The number of rotatable bonds is 6. The van der Waals surface area contributed by atoms with Gasteiger partial charge in [-0.1, -0.05) is 89.9 Å². The molecule has 0 aromatic carbocycles. The summed E-state index contributed by atoms with van der Waals surface area (Å²) in [7, 11) is 0. The molecule has 5 fully saturated rings. The van der Waals surface area contributed by atoms with Crippen LogP contribution in [0.1, 0.15) is 154 Å². The first-order valence-electron chi connectivity index (χ1n) is 17.0. The van der Waals surface area contributed by atoms with Crippen molar-refractivity contribution in [2.75, 3.05) is 0 Å². The van der Waals surface area contributed by atoms with E-state index in [1.807, 2.05) is 0 Å². The maximum absolute atomic E-state index is 5.48. The van der Waals surface area contributed by atoms with Gasteiger partial charge in [0.2, 0.25) is 0 Å². The number of aliphatic imine (C=N–C) groups is 2. The van der Waals surface area contributed by atoms with Gasteiger partial charge >= 0.3 is 0 Å². The number of nitrogens with one attached hydrogen (secondary N) is 4. The molecular formula is C32H58N6. The molecular weight excluding hydrogens is 468 g/mol. The first-order chi connectivity index (χ1) is 18.8. The number of hydrogen-bond acceptors (Lipinski definition) is 2. The summed E-state index contributed by atoms with van der Waals surface area (Å²) >= 11 is 0. The van der Waals surface area contributed by atoms with Crippen LogP contribution in [0, 0.1) is 0 Å². The molecule has 5 saturated carbocycles. The highest BCUT2D eigenvalue weighted by atomic mass is 15.2. The van der Waals surface area contributed by atoms with Gasteiger partial charge in [-0.15, -0.1) is 0 Å². The molecule has 216 valence electrons. The van der Waals surface area contributed by atoms with Crippen LogP contribution < -0.4 is 21.3 Å². The molecule has 5 rings (SSSR count). The Bertz CT molecular complexity index is 620. The van der Waals surface area contributed by atoms with Crippen molar-refractivity contribution >= 4 is 11.9 Å². The fraction of sp³-hybridized carbons (Fsp3) is 0.938. The van der Waals surface area contributed by atoms with Crippen LogP contribution in [0.2, 0.25) is 0 Å². The fourth-order valence-electron chi connectivity index (χ4n) is 7.72. The molecule has 2 unspecified atom stereocenters. The maximum atomic E-state index is 5.48. The first-order valence-corrected chi connectivity index (χ1v) is 17.0. The predicted octanol–water partition coefficient (Wildman–Crippen LogP) is 6.70. The van der Waals surface area contributed by atoms with Crippen LogP contribution in [0.15, 0.2) is 9.98 Å². The first kappa shape index (κ1) is 28.1. The SMILES string of the molecule is C1CCC(NC(=NC2CCCCC2N=C(NC2CCCCC2)NC2CCCCC2)NC2CCCCC2)CC1. The van der Waals surface area contributed by atoms with E-state index in [1.54, 1.807) is 0 Å². The molecule has 0 amide bonds. The van der Waals surface area contributed by atoms with Crippen LogP contribution in [0.25, 0.3) is 0 Å². The van der Waals surface area contributed by atoms with E-state index in [-0.39, 0.29) is 12.1 Å². The minimum atomic E-state index is 0.280. The van der Waals surface area contributed by atoms with Gasteiger partial charge in [-0.05, 0) is 64.2 Å². The van der Waals surface area contributed by atoms with Gasteiger partial charge in [0.1, 0.15) is 0 Å². The average molecular weight is 527 g/mol. The van der Waals surface area contributed by atoms with Crippen LogP contribution in [0.5, 0.6) is 0 Å². The Morgan fingerprint density at radius 3 is 0.816 bits per heavy atom. The summed E-state index contributed by atoms with van der Waals surface area (Å²) in [5.74, 6) is 2.19. The molecule has 6 nitrogen and oxygen atoms in total. The third kappa shape index (κ3) is 9.05. The molecule has 0 heterocycles. The lowest BCUT2D eigenvalue weighted by Gasteiger charge is -2.33. The monoisotopic (exact) mass is 526 g/mol. The lowest BCUT2D eigenvalue weighted by Crippen LogP contribution is -2.51. The van der Waals surface area contributed by atoms with Crippen molar-refractivity contribution in [3.05, 3.63) is 0 Å². The quantitative estimate of drug-likeness (QED) is 0.230.